The Kier molecular flexibility index (Phi) is 3.64. The lowest BCUT2D eigenvalue weighted by Crippen LogP contribution is -2.23. The van der Waals surface area contributed by atoms with Crippen LogP contribution in [0.1, 0.15) is 16.3 Å². The monoisotopic (exact) mass is 325 g/mol. The second-order valence-corrected chi connectivity index (χ2v) is 4.59. The molecule has 0 unspecified atom stereocenters. The van der Waals surface area contributed by atoms with Gasteiger partial charge in [0.05, 0.1) is 6.54 Å². The summed E-state index contributed by atoms with van der Waals surface area (Å²) in [6.45, 7) is 0.149. The minimum absolute atomic E-state index is 0.149. The molecule has 0 saturated carbocycles. The molecule has 0 fully saturated rings. The van der Waals surface area contributed by atoms with E-state index < -0.39 is 12.3 Å². The van der Waals surface area contributed by atoms with Gasteiger partial charge < -0.3 is 15.0 Å². The molecule has 23 heavy (non-hydrogen) atoms. The fourth-order valence-electron chi connectivity index (χ4n) is 2.00. The Labute approximate surface area is 126 Å². The summed E-state index contributed by atoms with van der Waals surface area (Å²) in [5.74, 6) is -0.299. The third-order valence-corrected chi connectivity index (χ3v) is 2.95. The number of nitrogens with one attached hydrogen (secondary N) is 3. The number of alkyl halides is 3. The quantitative estimate of drug-likeness (QED) is 0.684. The zero-order valence-corrected chi connectivity index (χ0v) is 11.4. The van der Waals surface area contributed by atoms with Gasteiger partial charge in [-0.15, -0.1) is 13.2 Å². The van der Waals surface area contributed by atoms with Crippen molar-refractivity contribution in [2.75, 3.05) is 0 Å². The number of aromatic amines is 2. The summed E-state index contributed by atoms with van der Waals surface area (Å²) in [5, 5.41) is 9.42. The van der Waals surface area contributed by atoms with Crippen LogP contribution in [0, 0.1) is 0 Å². The van der Waals surface area contributed by atoms with Gasteiger partial charge in [0.25, 0.3) is 5.91 Å². The van der Waals surface area contributed by atoms with Gasteiger partial charge in [0.2, 0.25) is 0 Å². The average Bonchev–Trinajstić information content (AvgIpc) is 3.11. The minimum Gasteiger partial charge on any atom is -0.406 e. The smallest absolute Gasteiger partial charge is 0.406 e. The summed E-state index contributed by atoms with van der Waals surface area (Å²) in [6, 6.07) is 5.32. The second kappa shape index (κ2) is 5.63. The standard InChI is InChI=1S/C13H10F3N5O2/c14-13(15,16)23-8-2-1-7-3-10(20-9(7)4-8)12(22)17-5-11-18-6-19-21-11/h1-4,6,20H,5H2,(H,17,22)(H,18,19,21). The first-order valence-electron chi connectivity index (χ1n) is 6.42. The number of carbonyl (C=O) groups is 1. The predicted molar refractivity (Wildman–Crippen MR) is 72.5 cm³/mol. The molecule has 120 valence electrons. The third-order valence-electron chi connectivity index (χ3n) is 2.95. The van der Waals surface area contributed by atoms with Crippen molar-refractivity contribution in [3.8, 4) is 5.75 Å². The van der Waals surface area contributed by atoms with Gasteiger partial charge in [0, 0.05) is 17.0 Å². The van der Waals surface area contributed by atoms with Crippen molar-refractivity contribution < 1.29 is 22.7 Å². The van der Waals surface area contributed by atoms with Crippen LogP contribution in [0.5, 0.6) is 5.75 Å². The van der Waals surface area contributed by atoms with E-state index in [1.54, 1.807) is 0 Å². The van der Waals surface area contributed by atoms with E-state index >= 15 is 0 Å². The number of H-pyrrole nitrogens is 2. The van der Waals surface area contributed by atoms with E-state index in [9.17, 15) is 18.0 Å². The van der Waals surface area contributed by atoms with E-state index in [0.717, 1.165) is 0 Å². The van der Waals surface area contributed by atoms with E-state index in [2.05, 4.69) is 30.2 Å². The highest BCUT2D eigenvalue weighted by Gasteiger charge is 2.31. The highest BCUT2D eigenvalue weighted by Crippen LogP contribution is 2.26. The van der Waals surface area contributed by atoms with Crippen LogP contribution in [0.25, 0.3) is 10.9 Å². The molecule has 3 rings (SSSR count). The number of benzene rings is 1. The molecular weight excluding hydrogens is 315 g/mol. The summed E-state index contributed by atoms with van der Waals surface area (Å²) in [7, 11) is 0. The first-order chi connectivity index (χ1) is 10.9. The van der Waals surface area contributed by atoms with E-state index in [4.69, 9.17) is 0 Å². The van der Waals surface area contributed by atoms with Gasteiger partial charge in [-0.1, -0.05) is 0 Å². The fourth-order valence-corrected chi connectivity index (χ4v) is 2.00. The molecule has 7 nitrogen and oxygen atoms in total. The number of aromatic nitrogens is 4. The average molecular weight is 325 g/mol. The molecule has 3 aromatic rings. The van der Waals surface area contributed by atoms with E-state index in [1.807, 2.05) is 0 Å². The van der Waals surface area contributed by atoms with Gasteiger partial charge >= 0.3 is 6.36 Å². The zero-order valence-electron chi connectivity index (χ0n) is 11.4. The molecule has 1 aromatic carbocycles. The van der Waals surface area contributed by atoms with E-state index in [1.165, 1.54) is 30.6 Å². The second-order valence-electron chi connectivity index (χ2n) is 4.59. The first-order valence-corrected chi connectivity index (χ1v) is 6.42. The summed E-state index contributed by atoms with van der Waals surface area (Å²) in [4.78, 5) is 18.6. The van der Waals surface area contributed by atoms with Crippen LogP contribution in [0.3, 0.4) is 0 Å². The molecule has 0 aliphatic carbocycles. The molecule has 1 amide bonds. The predicted octanol–water partition coefficient (Wildman–Crippen LogP) is 2.11. The van der Waals surface area contributed by atoms with Crippen molar-refractivity contribution in [1.82, 2.24) is 25.5 Å². The van der Waals surface area contributed by atoms with Crippen LogP contribution < -0.4 is 10.1 Å². The van der Waals surface area contributed by atoms with Crippen LogP contribution in [0.15, 0.2) is 30.6 Å². The maximum atomic E-state index is 12.2. The molecule has 2 aromatic heterocycles. The molecule has 3 N–H and O–H groups in total. The SMILES string of the molecule is O=C(NCc1ncn[nH]1)c1cc2ccc(OC(F)(F)F)cc2[nH]1. The van der Waals surface area contributed by atoms with E-state index in [0.29, 0.717) is 16.7 Å². The fraction of sp³-hybridized carbons (Fsp3) is 0.154. The normalized spacial score (nSPS) is 11.6. The number of ether oxygens (including phenoxy) is 1. The number of hydrogen-bond acceptors (Lipinski definition) is 4. The lowest BCUT2D eigenvalue weighted by Gasteiger charge is -2.08. The van der Waals surface area contributed by atoms with Gasteiger partial charge in [0.15, 0.2) is 0 Å². The Hall–Kier alpha value is -3.04. The number of nitrogens with zero attached hydrogens (tertiary/aromatic N) is 2. The van der Waals surface area contributed by atoms with Crippen LogP contribution in [0.4, 0.5) is 13.2 Å². The Morgan fingerprint density at radius 2 is 2.13 bits per heavy atom. The van der Waals surface area contributed by atoms with Gasteiger partial charge in [0.1, 0.15) is 23.6 Å². The Morgan fingerprint density at radius 1 is 1.30 bits per heavy atom. The Bertz CT molecular complexity index is 826. The molecule has 0 radical (unpaired) electrons. The van der Waals surface area contributed by atoms with Crippen LogP contribution in [-0.2, 0) is 6.54 Å². The third kappa shape index (κ3) is 3.59. The molecule has 0 saturated heterocycles. The highest BCUT2D eigenvalue weighted by atomic mass is 19.4. The molecular formula is C13H10F3N5O2. The lowest BCUT2D eigenvalue weighted by molar-refractivity contribution is -0.274. The van der Waals surface area contributed by atoms with Crippen molar-refractivity contribution >= 4 is 16.8 Å². The van der Waals surface area contributed by atoms with Crippen LogP contribution in [0.2, 0.25) is 0 Å². The summed E-state index contributed by atoms with van der Waals surface area (Å²) in [5.41, 5.74) is 0.570. The molecule has 0 aliphatic heterocycles. The highest BCUT2D eigenvalue weighted by molar-refractivity contribution is 5.98. The molecule has 0 aliphatic rings. The number of halogens is 3. The Morgan fingerprint density at radius 3 is 2.83 bits per heavy atom. The van der Waals surface area contributed by atoms with Crippen LogP contribution in [-0.4, -0.2) is 32.4 Å². The lowest BCUT2D eigenvalue weighted by atomic mass is 10.2. The van der Waals surface area contributed by atoms with Crippen LogP contribution >= 0.6 is 0 Å². The molecule has 0 spiro atoms. The summed E-state index contributed by atoms with van der Waals surface area (Å²) < 4.78 is 40.4. The van der Waals surface area contributed by atoms with Crippen molar-refractivity contribution in [3.05, 3.63) is 42.1 Å². The zero-order chi connectivity index (χ0) is 16.4. The van der Waals surface area contributed by atoms with Crippen molar-refractivity contribution in [3.63, 3.8) is 0 Å². The largest absolute Gasteiger partial charge is 0.573 e. The van der Waals surface area contributed by atoms with Gasteiger partial charge in [-0.25, -0.2) is 4.98 Å². The molecule has 0 bridgehead atoms. The number of carbonyl (C=O) groups excluding carboxylic acids is 1. The maximum Gasteiger partial charge on any atom is 0.573 e. The van der Waals surface area contributed by atoms with Gasteiger partial charge in [-0.2, -0.15) is 5.10 Å². The minimum atomic E-state index is -4.77. The number of amides is 1. The topological polar surface area (TPSA) is 95.7 Å². The van der Waals surface area contributed by atoms with Crippen molar-refractivity contribution in [2.45, 2.75) is 12.9 Å². The molecule has 2 heterocycles. The number of rotatable bonds is 4. The molecule has 0 atom stereocenters. The van der Waals surface area contributed by atoms with Crippen molar-refractivity contribution in [2.24, 2.45) is 0 Å². The molecule has 10 heteroatoms. The summed E-state index contributed by atoms with van der Waals surface area (Å²) in [6.07, 6.45) is -3.45. The summed E-state index contributed by atoms with van der Waals surface area (Å²) >= 11 is 0. The van der Waals surface area contributed by atoms with Gasteiger partial charge in [-0.05, 0) is 18.2 Å². The van der Waals surface area contributed by atoms with E-state index in [-0.39, 0.29) is 18.0 Å². The maximum absolute atomic E-state index is 12.2. The van der Waals surface area contributed by atoms with Crippen molar-refractivity contribution in [1.29, 1.82) is 0 Å². The van der Waals surface area contributed by atoms with Gasteiger partial charge in [-0.3, -0.25) is 9.89 Å². The first kappa shape index (κ1) is 14.9. The number of fused-ring (bicyclic) bond motifs is 1. The number of hydrogen-bond donors (Lipinski definition) is 3. The Balaban J connectivity index is 1.75.